The average molecular weight is 210 g/mol. The highest BCUT2D eigenvalue weighted by Crippen LogP contribution is 2.07. The minimum Gasteiger partial charge on any atom is -0.273 e. The van der Waals surface area contributed by atoms with E-state index in [0.29, 0.717) is 5.92 Å². The van der Waals surface area contributed by atoms with E-state index >= 15 is 0 Å². The second-order valence-electron chi connectivity index (χ2n) is 4.45. The third kappa shape index (κ3) is 7.29. The van der Waals surface area contributed by atoms with Gasteiger partial charge in [0.2, 0.25) is 0 Å². The number of hydrogen-bond acceptors (Lipinski definition) is 2. The van der Waals surface area contributed by atoms with E-state index in [9.17, 15) is 0 Å². The topological polar surface area (TPSA) is 24.7 Å². The molecular formula is C13H26N2. The normalized spacial score (nSPS) is 21.4. The van der Waals surface area contributed by atoms with Crippen molar-refractivity contribution in [3.63, 3.8) is 0 Å². The largest absolute Gasteiger partial charge is 0.273 e. The molecule has 2 unspecified atom stereocenters. The lowest BCUT2D eigenvalue weighted by Gasteiger charge is -2.09. The van der Waals surface area contributed by atoms with E-state index in [2.05, 4.69) is 37.7 Å². The second kappa shape index (κ2) is 8.63. The van der Waals surface area contributed by atoms with Crippen LogP contribution >= 0.6 is 0 Å². The summed E-state index contributed by atoms with van der Waals surface area (Å²) in [6.07, 6.45) is 5.72. The summed E-state index contributed by atoms with van der Waals surface area (Å²) < 4.78 is 0. The van der Waals surface area contributed by atoms with Gasteiger partial charge < -0.3 is 0 Å². The van der Waals surface area contributed by atoms with Gasteiger partial charge in [-0.2, -0.15) is 0 Å². The Morgan fingerprint density at radius 3 is 2.40 bits per heavy atom. The van der Waals surface area contributed by atoms with Crippen LogP contribution in [-0.4, -0.2) is 18.6 Å². The number of nitrogens with zero attached hydrogens (tertiary/aromatic N) is 2. The smallest absolute Gasteiger partial charge is 0.109 e. The maximum absolute atomic E-state index is 4.04. The molecule has 1 aliphatic rings. The Hall–Kier alpha value is -0.660. The predicted octanol–water partition coefficient (Wildman–Crippen LogP) is 3.96. The molecule has 0 aromatic heterocycles. The summed E-state index contributed by atoms with van der Waals surface area (Å²) in [5.74, 6) is 1.50. The molecule has 0 fully saturated rings. The monoisotopic (exact) mass is 210 g/mol. The van der Waals surface area contributed by atoms with E-state index in [4.69, 9.17) is 0 Å². The fraction of sp³-hybridized carbons (Fsp3) is 0.846. The maximum atomic E-state index is 4.04. The number of rotatable bonds is 3. The maximum Gasteiger partial charge on any atom is 0.109 e. The molecule has 0 N–H and O–H groups in total. The van der Waals surface area contributed by atoms with E-state index in [0.717, 1.165) is 12.5 Å². The van der Waals surface area contributed by atoms with Crippen molar-refractivity contribution in [2.45, 2.75) is 53.9 Å². The van der Waals surface area contributed by atoms with E-state index in [1.165, 1.54) is 25.0 Å². The lowest BCUT2D eigenvalue weighted by atomic mass is 10.0. The van der Waals surface area contributed by atoms with Crippen molar-refractivity contribution in [2.75, 3.05) is 6.54 Å². The zero-order valence-corrected chi connectivity index (χ0v) is 11.0. The van der Waals surface area contributed by atoms with Gasteiger partial charge in [0, 0.05) is 18.2 Å². The molecule has 2 atom stereocenters. The number of hydrogen-bond donors (Lipinski definition) is 0. The first-order chi connectivity index (χ1) is 7.11. The molecule has 1 heterocycles. The zero-order chi connectivity index (χ0) is 11.7. The van der Waals surface area contributed by atoms with Crippen LogP contribution in [-0.2, 0) is 0 Å². The van der Waals surface area contributed by atoms with Gasteiger partial charge in [0.05, 0.1) is 0 Å². The van der Waals surface area contributed by atoms with E-state index in [1.54, 1.807) is 6.34 Å². The van der Waals surface area contributed by atoms with Crippen molar-refractivity contribution in [3.05, 3.63) is 0 Å². The lowest BCUT2D eigenvalue weighted by molar-refractivity contribution is 0.509. The van der Waals surface area contributed by atoms with E-state index in [1.807, 2.05) is 6.92 Å². The molecule has 0 spiro atoms. The fourth-order valence-electron chi connectivity index (χ4n) is 1.29. The van der Waals surface area contributed by atoms with Crippen LogP contribution in [0.25, 0.3) is 0 Å². The third-order valence-corrected chi connectivity index (χ3v) is 2.91. The fourth-order valence-corrected chi connectivity index (χ4v) is 1.29. The molecule has 0 radical (unpaired) electrons. The SMILES string of the molecule is CC1=NC=NCC1C.CCCC(C)CC. The van der Waals surface area contributed by atoms with Crippen LogP contribution in [0.5, 0.6) is 0 Å². The van der Waals surface area contributed by atoms with E-state index < -0.39 is 0 Å². The quantitative estimate of drug-likeness (QED) is 0.673. The molecule has 2 nitrogen and oxygen atoms in total. The molecule has 0 saturated carbocycles. The summed E-state index contributed by atoms with van der Waals surface area (Å²) in [7, 11) is 0. The molecule has 15 heavy (non-hydrogen) atoms. The highest BCUT2D eigenvalue weighted by atomic mass is 14.9. The van der Waals surface area contributed by atoms with Crippen molar-refractivity contribution in [3.8, 4) is 0 Å². The summed E-state index contributed by atoms with van der Waals surface area (Å²) in [5, 5.41) is 0. The standard InChI is InChI=1S/C7H16.C6H10N2/c1-4-6-7(3)5-2;1-5-3-7-4-8-6(5)2/h7H,4-6H2,1-3H3;4-5H,3H2,1-2H3. The van der Waals surface area contributed by atoms with Gasteiger partial charge in [-0.05, 0) is 12.8 Å². The Labute approximate surface area is 94.9 Å². The Balaban J connectivity index is 0.000000265. The molecule has 1 rings (SSSR count). The van der Waals surface area contributed by atoms with E-state index in [-0.39, 0.29) is 0 Å². The van der Waals surface area contributed by atoms with Gasteiger partial charge in [-0.25, -0.2) is 4.99 Å². The first-order valence-corrected chi connectivity index (χ1v) is 6.14. The van der Waals surface area contributed by atoms with Crippen LogP contribution in [0, 0.1) is 11.8 Å². The van der Waals surface area contributed by atoms with Crippen LogP contribution < -0.4 is 0 Å². The molecule has 2 heteroatoms. The third-order valence-electron chi connectivity index (χ3n) is 2.91. The molecule has 0 aromatic rings. The highest BCUT2D eigenvalue weighted by Gasteiger charge is 2.05. The molecule has 0 bridgehead atoms. The van der Waals surface area contributed by atoms with Crippen LogP contribution in [0.15, 0.2) is 9.98 Å². The average Bonchev–Trinajstić information content (AvgIpc) is 2.24. The Morgan fingerprint density at radius 2 is 2.13 bits per heavy atom. The molecule has 0 aromatic carbocycles. The molecule has 0 aliphatic carbocycles. The van der Waals surface area contributed by atoms with Crippen molar-refractivity contribution in [2.24, 2.45) is 21.8 Å². The number of aliphatic imine (C=N–C) groups is 2. The first kappa shape index (κ1) is 14.3. The van der Waals surface area contributed by atoms with Gasteiger partial charge in [-0.15, -0.1) is 0 Å². The first-order valence-electron chi connectivity index (χ1n) is 6.14. The minimum absolute atomic E-state index is 0.556. The lowest BCUT2D eigenvalue weighted by Crippen LogP contribution is -2.13. The van der Waals surface area contributed by atoms with Gasteiger partial charge in [-0.1, -0.05) is 47.0 Å². The molecular weight excluding hydrogens is 184 g/mol. The Bertz CT molecular complexity index is 207. The van der Waals surface area contributed by atoms with Crippen LogP contribution in [0.1, 0.15) is 53.9 Å². The Kier molecular flexibility index (Phi) is 8.25. The summed E-state index contributed by atoms with van der Waals surface area (Å²) in [6.45, 7) is 11.9. The van der Waals surface area contributed by atoms with Crippen molar-refractivity contribution in [1.29, 1.82) is 0 Å². The van der Waals surface area contributed by atoms with Crippen molar-refractivity contribution in [1.82, 2.24) is 0 Å². The van der Waals surface area contributed by atoms with Gasteiger partial charge >= 0.3 is 0 Å². The van der Waals surface area contributed by atoms with Crippen LogP contribution in [0.4, 0.5) is 0 Å². The van der Waals surface area contributed by atoms with Crippen molar-refractivity contribution < 1.29 is 0 Å². The summed E-state index contributed by atoms with van der Waals surface area (Å²) in [5.41, 5.74) is 1.19. The Morgan fingerprint density at radius 1 is 1.47 bits per heavy atom. The van der Waals surface area contributed by atoms with Gasteiger partial charge in [0.25, 0.3) is 0 Å². The highest BCUT2D eigenvalue weighted by molar-refractivity contribution is 5.91. The summed E-state index contributed by atoms with van der Waals surface area (Å²) in [6, 6.07) is 0. The van der Waals surface area contributed by atoms with Gasteiger partial charge in [-0.3, -0.25) is 4.99 Å². The summed E-state index contributed by atoms with van der Waals surface area (Å²) in [4.78, 5) is 8.03. The zero-order valence-electron chi connectivity index (χ0n) is 11.0. The summed E-state index contributed by atoms with van der Waals surface area (Å²) >= 11 is 0. The molecule has 88 valence electrons. The molecule has 1 aliphatic heterocycles. The van der Waals surface area contributed by atoms with Gasteiger partial charge in [0.15, 0.2) is 0 Å². The van der Waals surface area contributed by atoms with Crippen LogP contribution in [0.3, 0.4) is 0 Å². The van der Waals surface area contributed by atoms with Crippen molar-refractivity contribution >= 4 is 12.1 Å². The molecule has 0 saturated heterocycles. The van der Waals surface area contributed by atoms with Gasteiger partial charge in [0.1, 0.15) is 6.34 Å². The predicted molar refractivity (Wildman–Crippen MR) is 70.0 cm³/mol. The minimum atomic E-state index is 0.556. The second-order valence-corrected chi connectivity index (χ2v) is 4.45. The van der Waals surface area contributed by atoms with Crippen LogP contribution in [0.2, 0.25) is 0 Å². The molecule has 0 amide bonds.